The van der Waals surface area contributed by atoms with Gasteiger partial charge in [-0.2, -0.15) is 0 Å². The molecule has 0 bridgehead atoms. The number of aliphatic hydroxyl groups excluding tert-OH is 1. The molecule has 0 radical (unpaired) electrons. The molecular weight excluding hydrogens is 296 g/mol. The van der Waals surface area contributed by atoms with E-state index in [4.69, 9.17) is 22.7 Å². The lowest BCUT2D eigenvalue weighted by Gasteiger charge is -2.17. The maximum Gasteiger partial charge on any atom is 0.103 e. The van der Waals surface area contributed by atoms with Crippen molar-refractivity contribution in [1.29, 1.82) is 0 Å². The van der Waals surface area contributed by atoms with Crippen molar-refractivity contribution in [2.24, 2.45) is 5.73 Å². The minimum Gasteiger partial charge on any atom is -0.391 e. The van der Waals surface area contributed by atoms with Crippen molar-refractivity contribution in [1.82, 2.24) is 0 Å². The van der Waals surface area contributed by atoms with E-state index in [2.05, 4.69) is 11.8 Å². The van der Waals surface area contributed by atoms with Gasteiger partial charge >= 0.3 is 0 Å². The summed E-state index contributed by atoms with van der Waals surface area (Å²) >= 11 is 4.88. The Morgan fingerprint density at radius 1 is 1.36 bits per heavy atom. The highest BCUT2D eigenvalue weighted by Gasteiger charge is 2.20. The van der Waals surface area contributed by atoms with E-state index in [1.807, 2.05) is 24.3 Å². The van der Waals surface area contributed by atoms with Crippen LogP contribution in [0.25, 0.3) is 0 Å². The number of unbranched alkanes of at least 4 members (excludes halogenated alkanes) is 2. The summed E-state index contributed by atoms with van der Waals surface area (Å²) in [5.41, 5.74) is 7.52. The molecule has 1 aliphatic heterocycles. The van der Waals surface area contributed by atoms with Crippen LogP contribution in [0.4, 0.5) is 5.69 Å². The molecule has 3 N–H and O–H groups in total. The Kier molecular flexibility index (Phi) is 9.04. The summed E-state index contributed by atoms with van der Waals surface area (Å²) in [4.78, 5) is 2.58. The molecule has 0 saturated carbocycles. The Hall–Kier alpha value is -1.17. The second kappa shape index (κ2) is 10.5. The van der Waals surface area contributed by atoms with Gasteiger partial charge in [0.2, 0.25) is 0 Å². The number of anilines is 1. The van der Waals surface area contributed by atoms with Gasteiger partial charge in [-0.05, 0) is 37.1 Å². The SMILES string of the molecule is CCCCCOC.NC(=S)c1ccc(N2CCC(O)C2)cc1. The van der Waals surface area contributed by atoms with Gasteiger partial charge in [0.15, 0.2) is 0 Å². The molecule has 1 aromatic carbocycles. The van der Waals surface area contributed by atoms with E-state index in [0.717, 1.165) is 30.8 Å². The Labute approximate surface area is 139 Å². The normalized spacial score (nSPS) is 17.0. The number of methoxy groups -OCH3 is 1. The van der Waals surface area contributed by atoms with Gasteiger partial charge in [-0.1, -0.05) is 32.0 Å². The molecule has 1 unspecified atom stereocenters. The number of aliphatic hydroxyl groups is 1. The number of nitrogens with two attached hydrogens (primary N) is 1. The second-order valence-electron chi connectivity index (χ2n) is 5.50. The van der Waals surface area contributed by atoms with Crippen LogP contribution in [-0.4, -0.2) is 43.0 Å². The van der Waals surface area contributed by atoms with Crippen molar-refractivity contribution in [3.05, 3.63) is 29.8 Å². The highest BCUT2D eigenvalue weighted by Crippen LogP contribution is 2.20. The molecule has 0 aliphatic carbocycles. The van der Waals surface area contributed by atoms with Crippen LogP contribution >= 0.6 is 12.2 Å². The number of ether oxygens (including phenoxy) is 1. The predicted octanol–water partition coefficient (Wildman–Crippen LogP) is 2.71. The van der Waals surface area contributed by atoms with Crippen LogP contribution in [0.15, 0.2) is 24.3 Å². The molecule has 1 heterocycles. The van der Waals surface area contributed by atoms with E-state index in [1.165, 1.54) is 19.3 Å². The van der Waals surface area contributed by atoms with Gasteiger partial charge in [-0.25, -0.2) is 0 Å². The summed E-state index contributed by atoms with van der Waals surface area (Å²) in [6.45, 7) is 4.74. The van der Waals surface area contributed by atoms with Crippen molar-refractivity contribution in [2.75, 3.05) is 31.7 Å². The molecule has 1 aromatic rings. The van der Waals surface area contributed by atoms with Gasteiger partial charge in [-0.15, -0.1) is 0 Å². The first kappa shape index (κ1) is 18.9. The van der Waals surface area contributed by atoms with E-state index in [9.17, 15) is 5.11 Å². The van der Waals surface area contributed by atoms with Gasteiger partial charge in [-0.3, -0.25) is 0 Å². The van der Waals surface area contributed by atoms with Gasteiger partial charge < -0.3 is 20.5 Å². The van der Waals surface area contributed by atoms with Crippen LogP contribution in [0.1, 0.15) is 38.2 Å². The van der Waals surface area contributed by atoms with Crippen molar-refractivity contribution in [2.45, 2.75) is 38.7 Å². The molecule has 22 heavy (non-hydrogen) atoms. The number of nitrogens with zero attached hydrogens (tertiary/aromatic N) is 1. The third-order valence-corrected chi connectivity index (χ3v) is 3.87. The number of hydrogen-bond donors (Lipinski definition) is 2. The van der Waals surface area contributed by atoms with Crippen molar-refractivity contribution >= 4 is 22.9 Å². The Bertz CT molecular complexity index is 433. The third-order valence-electron chi connectivity index (χ3n) is 3.63. The summed E-state index contributed by atoms with van der Waals surface area (Å²) in [5, 5.41) is 9.42. The van der Waals surface area contributed by atoms with Crippen molar-refractivity contribution in [3.63, 3.8) is 0 Å². The lowest BCUT2D eigenvalue weighted by Crippen LogP contribution is -2.21. The van der Waals surface area contributed by atoms with E-state index in [-0.39, 0.29) is 6.10 Å². The molecule has 124 valence electrons. The van der Waals surface area contributed by atoms with Gasteiger partial charge in [0.1, 0.15) is 4.99 Å². The molecule has 4 nitrogen and oxygen atoms in total. The molecule has 1 aliphatic rings. The zero-order valence-corrected chi connectivity index (χ0v) is 14.4. The topological polar surface area (TPSA) is 58.7 Å². The highest BCUT2D eigenvalue weighted by molar-refractivity contribution is 7.80. The fourth-order valence-electron chi connectivity index (χ4n) is 2.31. The molecule has 0 aromatic heterocycles. The quantitative estimate of drug-likeness (QED) is 0.622. The summed E-state index contributed by atoms with van der Waals surface area (Å²) in [7, 11) is 1.75. The van der Waals surface area contributed by atoms with Crippen LogP contribution in [0.2, 0.25) is 0 Å². The third kappa shape index (κ3) is 6.73. The smallest absolute Gasteiger partial charge is 0.103 e. The van der Waals surface area contributed by atoms with Gasteiger partial charge in [0, 0.05) is 38.1 Å². The minimum atomic E-state index is -0.194. The first-order chi connectivity index (χ1) is 10.6. The number of hydrogen-bond acceptors (Lipinski definition) is 4. The average Bonchev–Trinajstić information content (AvgIpc) is 2.95. The molecule has 0 spiro atoms. The van der Waals surface area contributed by atoms with Gasteiger partial charge in [0.25, 0.3) is 0 Å². The number of rotatable bonds is 6. The lowest BCUT2D eigenvalue weighted by atomic mass is 10.2. The molecular formula is C17H28N2O2S. The fourth-order valence-corrected chi connectivity index (χ4v) is 2.45. The fraction of sp³-hybridized carbons (Fsp3) is 0.588. The van der Waals surface area contributed by atoms with Gasteiger partial charge in [0.05, 0.1) is 6.10 Å². The monoisotopic (exact) mass is 324 g/mol. The predicted molar refractivity (Wildman–Crippen MR) is 96.6 cm³/mol. The number of benzene rings is 1. The van der Waals surface area contributed by atoms with Crippen molar-refractivity contribution < 1.29 is 9.84 Å². The highest BCUT2D eigenvalue weighted by atomic mass is 32.1. The molecule has 1 saturated heterocycles. The van der Waals surface area contributed by atoms with E-state index < -0.39 is 0 Å². The van der Waals surface area contributed by atoms with E-state index in [0.29, 0.717) is 11.5 Å². The number of β-amino-alcohol motifs (C(OH)–C–C–N with tert-alkyl or cyclic N) is 1. The summed E-state index contributed by atoms with van der Waals surface area (Å²) in [6.07, 6.45) is 4.45. The average molecular weight is 324 g/mol. The van der Waals surface area contributed by atoms with Crippen LogP contribution in [0.5, 0.6) is 0 Å². The Morgan fingerprint density at radius 2 is 2.05 bits per heavy atom. The summed E-state index contributed by atoms with van der Waals surface area (Å²) in [6, 6.07) is 7.82. The molecule has 0 amide bonds. The Morgan fingerprint density at radius 3 is 2.50 bits per heavy atom. The molecule has 1 fully saturated rings. The summed E-state index contributed by atoms with van der Waals surface area (Å²) < 4.78 is 4.84. The van der Waals surface area contributed by atoms with E-state index >= 15 is 0 Å². The number of thiocarbonyl (C=S) groups is 1. The van der Waals surface area contributed by atoms with E-state index in [1.54, 1.807) is 7.11 Å². The first-order valence-corrected chi connectivity index (χ1v) is 8.31. The largest absolute Gasteiger partial charge is 0.391 e. The second-order valence-corrected chi connectivity index (χ2v) is 5.94. The van der Waals surface area contributed by atoms with Crippen LogP contribution in [-0.2, 0) is 4.74 Å². The van der Waals surface area contributed by atoms with Crippen molar-refractivity contribution in [3.8, 4) is 0 Å². The first-order valence-electron chi connectivity index (χ1n) is 7.90. The minimum absolute atomic E-state index is 0.194. The van der Waals surface area contributed by atoms with Crippen LogP contribution in [0.3, 0.4) is 0 Å². The molecule has 2 rings (SSSR count). The van der Waals surface area contributed by atoms with Crippen LogP contribution < -0.4 is 10.6 Å². The standard InChI is InChI=1S/C11H14N2OS.C6H14O/c12-11(15)8-1-3-9(4-2-8)13-6-5-10(14)7-13;1-3-4-5-6-7-2/h1-4,10,14H,5-7H2,(H2,12,15);3-6H2,1-2H3. The maximum absolute atomic E-state index is 9.42. The zero-order valence-electron chi connectivity index (χ0n) is 13.6. The van der Waals surface area contributed by atoms with Crippen LogP contribution in [0, 0.1) is 0 Å². The lowest BCUT2D eigenvalue weighted by molar-refractivity contribution is 0.192. The zero-order chi connectivity index (χ0) is 16.4. The molecule has 5 heteroatoms. The molecule has 1 atom stereocenters. The Balaban J connectivity index is 0.000000295. The summed E-state index contributed by atoms with van der Waals surface area (Å²) in [5.74, 6) is 0. The maximum atomic E-state index is 9.42.